The molecular weight excluding hydrogens is 358 g/mol. The molecule has 1 aromatic rings. The zero-order valence-corrected chi connectivity index (χ0v) is 17.4. The van der Waals surface area contributed by atoms with Gasteiger partial charge >= 0.3 is 5.97 Å². The lowest BCUT2D eigenvalue weighted by atomic mass is 10.1. The number of aromatic nitrogens is 3. The first kappa shape index (κ1) is 21.0. The molecule has 148 valence electrons. The van der Waals surface area contributed by atoms with E-state index < -0.39 is 38.8 Å². The predicted molar refractivity (Wildman–Crippen MR) is 95.2 cm³/mol. The quantitative estimate of drug-likeness (QED) is 0.576. The van der Waals surface area contributed by atoms with Crippen molar-refractivity contribution >= 4 is 14.3 Å². The van der Waals surface area contributed by atoms with Crippen LogP contribution in [0.5, 0.6) is 0 Å². The molecule has 0 amide bonds. The van der Waals surface area contributed by atoms with Crippen molar-refractivity contribution in [1.82, 2.24) is 14.8 Å². The highest BCUT2D eigenvalue weighted by molar-refractivity contribution is 6.74. The predicted octanol–water partition coefficient (Wildman–Crippen LogP) is 1.36. The smallest absolute Gasteiger partial charge is 0.377 e. The fraction of sp³-hybridized carbons (Fsp3) is 0.812. The van der Waals surface area contributed by atoms with Crippen LogP contribution in [0.4, 0.5) is 0 Å². The summed E-state index contributed by atoms with van der Waals surface area (Å²) in [5.74, 6) is -0.705. The summed E-state index contributed by atoms with van der Waals surface area (Å²) in [6.45, 7) is 10.5. The van der Waals surface area contributed by atoms with Crippen LogP contribution < -0.4 is 0 Å². The molecule has 1 aromatic heterocycles. The minimum Gasteiger partial charge on any atom is -0.463 e. The van der Waals surface area contributed by atoms with Crippen molar-refractivity contribution < 1.29 is 28.5 Å². The Morgan fingerprint density at radius 3 is 2.50 bits per heavy atom. The van der Waals surface area contributed by atoms with Crippen molar-refractivity contribution in [2.24, 2.45) is 0 Å². The third kappa shape index (κ3) is 3.99. The van der Waals surface area contributed by atoms with Gasteiger partial charge in [-0.2, -0.15) is 0 Å². The van der Waals surface area contributed by atoms with Crippen LogP contribution in [0.2, 0.25) is 18.1 Å². The number of carbonyl (C=O) groups excluding carboxylic acids is 1. The standard InChI is InChI=1S/C16H29N3O6Si/c1-16(2,3)26(6,7)25-11-10(8-20)24-14(12(11)22-4)19-9-17-13(18-19)15(21)23-5/h9-12,14,20H,8H2,1-7H3/t10-,11-,12-,14-/m1/s1. The van der Waals surface area contributed by atoms with E-state index in [4.69, 9.17) is 13.9 Å². The molecule has 9 nitrogen and oxygen atoms in total. The van der Waals surface area contributed by atoms with E-state index in [0.717, 1.165) is 0 Å². The average molecular weight is 388 g/mol. The van der Waals surface area contributed by atoms with E-state index in [9.17, 15) is 9.90 Å². The monoisotopic (exact) mass is 387 g/mol. The van der Waals surface area contributed by atoms with Gasteiger partial charge in [-0.25, -0.2) is 14.5 Å². The molecule has 0 bridgehead atoms. The van der Waals surface area contributed by atoms with E-state index in [1.807, 2.05) is 0 Å². The van der Waals surface area contributed by atoms with Gasteiger partial charge in [-0.3, -0.25) is 0 Å². The Kier molecular flexibility index (Phi) is 6.23. The summed E-state index contributed by atoms with van der Waals surface area (Å²) in [5, 5.41) is 13.9. The van der Waals surface area contributed by atoms with Gasteiger partial charge in [0.2, 0.25) is 0 Å². The largest absolute Gasteiger partial charge is 0.463 e. The van der Waals surface area contributed by atoms with Gasteiger partial charge in [0, 0.05) is 7.11 Å². The van der Waals surface area contributed by atoms with E-state index in [1.54, 1.807) is 7.11 Å². The molecular formula is C16H29N3O6Si. The zero-order valence-electron chi connectivity index (χ0n) is 16.4. The third-order valence-corrected chi connectivity index (χ3v) is 9.59. The summed E-state index contributed by atoms with van der Waals surface area (Å²) < 4.78 is 24.1. The molecule has 1 aliphatic rings. The van der Waals surface area contributed by atoms with Crippen molar-refractivity contribution in [2.75, 3.05) is 20.8 Å². The Morgan fingerprint density at radius 2 is 2.00 bits per heavy atom. The van der Waals surface area contributed by atoms with E-state index in [0.29, 0.717) is 0 Å². The summed E-state index contributed by atoms with van der Waals surface area (Å²) in [6.07, 6.45) is -0.815. The Bertz CT molecular complexity index is 630. The van der Waals surface area contributed by atoms with Crippen LogP contribution in [0.1, 0.15) is 37.6 Å². The maximum absolute atomic E-state index is 11.6. The van der Waals surface area contributed by atoms with Crippen LogP contribution in [0, 0.1) is 0 Å². The molecule has 26 heavy (non-hydrogen) atoms. The lowest BCUT2D eigenvalue weighted by Gasteiger charge is -2.40. The molecule has 0 saturated carbocycles. The number of carbonyl (C=O) groups is 1. The summed E-state index contributed by atoms with van der Waals surface area (Å²) in [7, 11) is 0.693. The number of ether oxygens (including phenoxy) is 3. The van der Waals surface area contributed by atoms with Crippen LogP contribution in [-0.2, 0) is 18.6 Å². The fourth-order valence-electron chi connectivity index (χ4n) is 2.56. The molecule has 0 unspecified atom stereocenters. The number of aliphatic hydroxyl groups is 1. The summed E-state index contributed by atoms with van der Waals surface area (Å²) in [4.78, 5) is 15.5. The molecule has 1 fully saturated rings. The van der Waals surface area contributed by atoms with Crippen molar-refractivity contribution in [2.45, 2.75) is 63.4 Å². The lowest BCUT2D eigenvalue weighted by molar-refractivity contribution is -0.0666. The molecule has 2 rings (SSSR count). The van der Waals surface area contributed by atoms with E-state index in [1.165, 1.54) is 18.1 Å². The van der Waals surface area contributed by atoms with Gasteiger partial charge in [0.25, 0.3) is 5.82 Å². The SMILES string of the molecule is COC(=O)c1ncn([C@@H]2O[C@H](CO)[C@@H](O[Si](C)(C)C(C)(C)C)[C@H]2OC)n1. The zero-order chi connectivity index (χ0) is 19.7. The average Bonchev–Trinajstić information content (AvgIpc) is 3.17. The number of methoxy groups -OCH3 is 2. The first-order valence-electron chi connectivity index (χ1n) is 8.52. The molecule has 0 aliphatic carbocycles. The van der Waals surface area contributed by atoms with Gasteiger partial charge in [0.1, 0.15) is 24.6 Å². The van der Waals surface area contributed by atoms with Gasteiger partial charge in [-0.1, -0.05) is 20.8 Å². The number of aliphatic hydroxyl groups excluding tert-OH is 1. The highest BCUT2D eigenvalue weighted by atomic mass is 28.4. The lowest BCUT2D eigenvalue weighted by Crippen LogP contribution is -2.50. The molecule has 0 aromatic carbocycles. The molecule has 0 radical (unpaired) electrons. The number of hydrogen-bond acceptors (Lipinski definition) is 8. The Balaban J connectivity index is 2.28. The molecule has 1 aliphatic heterocycles. The Morgan fingerprint density at radius 1 is 1.35 bits per heavy atom. The molecule has 2 heterocycles. The first-order valence-corrected chi connectivity index (χ1v) is 11.4. The van der Waals surface area contributed by atoms with E-state index in [2.05, 4.69) is 48.7 Å². The minimum absolute atomic E-state index is 0.00527. The topological polar surface area (TPSA) is 105 Å². The normalized spacial score (nSPS) is 26.9. The number of rotatable bonds is 6. The Labute approximate surface area is 154 Å². The fourth-order valence-corrected chi connectivity index (χ4v) is 3.88. The first-order chi connectivity index (χ1) is 12.1. The van der Waals surface area contributed by atoms with Crippen LogP contribution in [0.25, 0.3) is 0 Å². The molecule has 0 spiro atoms. The van der Waals surface area contributed by atoms with Gasteiger partial charge in [0.05, 0.1) is 13.7 Å². The molecule has 4 atom stereocenters. The van der Waals surface area contributed by atoms with Crippen molar-refractivity contribution in [1.29, 1.82) is 0 Å². The molecule has 1 saturated heterocycles. The second kappa shape index (κ2) is 7.73. The highest BCUT2D eigenvalue weighted by Crippen LogP contribution is 2.41. The van der Waals surface area contributed by atoms with Gasteiger partial charge in [-0.05, 0) is 18.1 Å². The van der Waals surface area contributed by atoms with Crippen LogP contribution in [0.15, 0.2) is 6.33 Å². The van der Waals surface area contributed by atoms with Crippen molar-refractivity contribution in [3.8, 4) is 0 Å². The van der Waals surface area contributed by atoms with E-state index >= 15 is 0 Å². The number of esters is 1. The van der Waals surface area contributed by atoms with Crippen molar-refractivity contribution in [3.63, 3.8) is 0 Å². The minimum atomic E-state index is -2.13. The summed E-state index contributed by atoms with van der Waals surface area (Å²) >= 11 is 0. The maximum Gasteiger partial charge on any atom is 0.377 e. The molecule has 10 heteroatoms. The van der Waals surface area contributed by atoms with Gasteiger partial charge in [-0.15, -0.1) is 5.10 Å². The number of nitrogens with zero attached hydrogens (tertiary/aromatic N) is 3. The summed E-state index contributed by atoms with van der Waals surface area (Å²) in [5.41, 5.74) is 0. The molecule has 1 N–H and O–H groups in total. The third-order valence-electron chi connectivity index (χ3n) is 5.11. The van der Waals surface area contributed by atoms with E-state index in [-0.39, 0.29) is 17.5 Å². The van der Waals surface area contributed by atoms with Gasteiger partial charge < -0.3 is 23.7 Å². The Hall–Kier alpha value is -1.33. The summed E-state index contributed by atoms with van der Waals surface area (Å²) in [6, 6.07) is 0. The second-order valence-corrected chi connectivity index (χ2v) is 12.6. The number of hydrogen-bond donors (Lipinski definition) is 1. The van der Waals surface area contributed by atoms with Crippen molar-refractivity contribution in [3.05, 3.63) is 12.2 Å². The van der Waals surface area contributed by atoms with Gasteiger partial charge in [0.15, 0.2) is 14.5 Å². The highest BCUT2D eigenvalue weighted by Gasteiger charge is 2.51. The van der Waals surface area contributed by atoms with Crippen LogP contribution >= 0.6 is 0 Å². The van der Waals surface area contributed by atoms with Crippen LogP contribution in [-0.4, -0.2) is 73.3 Å². The van der Waals surface area contributed by atoms with Crippen LogP contribution in [0.3, 0.4) is 0 Å². The second-order valence-electron chi connectivity index (χ2n) is 7.83. The maximum atomic E-state index is 11.6.